The van der Waals surface area contributed by atoms with Crippen molar-refractivity contribution in [1.29, 1.82) is 0 Å². The van der Waals surface area contributed by atoms with E-state index in [4.69, 9.17) is 0 Å². The highest BCUT2D eigenvalue weighted by Gasteiger charge is 2.39. The molecule has 23 heavy (non-hydrogen) atoms. The quantitative estimate of drug-likeness (QED) is 0.750. The third-order valence-corrected chi connectivity index (χ3v) is 6.03. The summed E-state index contributed by atoms with van der Waals surface area (Å²) in [6.45, 7) is 9.60. The number of hydrogen-bond acceptors (Lipinski definition) is 3. The number of carbonyl (C=O) groups excluding carboxylic acids is 1. The highest BCUT2D eigenvalue weighted by atomic mass is 32.2. The van der Waals surface area contributed by atoms with Gasteiger partial charge in [-0.3, -0.25) is 4.79 Å². The van der Waals surface area contributed by atoms with Gasteiger partial charge in [0.15, 0.2) is 0 Å². The SMILES string of the molecule is C=CCS(=O)(=O)N(C(=O)c1ccccc1)C1CC(=C)C(CC)C1. The van der Waals surface area contributed by atoms with E-state index in [1.807, 2.05) is 0 Å². The topological polar surface area (TPSA) is 54.5 Å². The van der Waals surface area contributed by atoms with Gasteiger partial charge in [-0.15, -0.1) is 6.58 Å². The predicted molar refractivity (Wildman–Crippen MR) is 92.5 cm³/mol. The first-order valence-electron chi connectivity index (χ1n) is 7.80. The summed E-state index contributed by atoms with van der Waals surface area (Å²) < 4.78 is 26.3. The molecule has 0 bridgehead atoms. The zero-order valence-corrected chi connectivity index (χ0v) is 14.3. The Bertz CT molecular complexity index is 694. The van der Waals surface area contributed by atoms with Gasteiger partial charge in [-0.2, -0.15) is 0 Å². The Labute approximate surface area is 138 Å². The lowest BCUT2D eigenvalue weighted by molar-refractivity contribution is 0.0822. The van der Waals surface area contributed by atoms with Crippen molar-refractivity contribution in [3.05, 3.63) is 60.7 Å². The molecule has 1 aromatic carbocycles. The number of sulfonamides is 1. The van der Waals surface area contributed by atoms with Crippen LogP contribution >= 0.6 is 0 Å². The molecule has 0 N–H and O–H groups in total. The average Bonchev–Trinajstić information content (AvgIpc) is 2.88. The summed E-state index contributed by atoms with van der Waals surface area (Å²) >= 11 is 0. The molecule has 2 atom stereocenters. The first-order chi connectivity index (χ1) is 10.9. The van der Waals surface area contributed by atoms with Gasteiger partial charge in [-0.05, 0) is 37.3 Å². The van der Waals surface area contributed by atoms with Crippen molar-refractivity contribution in [1.82, 2.24) is 4.31 Å². The van der Waals surface area contributed by atoms with Crippen molar-refractivity contribution in [3.63, 3.8) is 0 Å². The maximum atomic E-state index is 12.8. The largest absolute Gasteiger partial charge is 0.268 e. The van der Waals surface area contributed by atoms with Crippen LogP contribution in [0.5, 0.6) is 0 Å². The van der Waals surface area contributed by atoms with Gasteiger partial charge in [-0.25, -0.2) is 12.7 Å². The van der Waals surface area contributed by atoms with Crippen LogP contribution in [0.3, 0.4) is 0 Å². The van der Waals surface area contributed by atoms with Crippen molar-refractivity contribution in [3.8, 4) is 0 Å². The van der Waals surface area contributed by atoms with E-state index in [9.17, 15) is 13.2 Å². The summed E-state index contributed by atoms with van der Waals surface area (Å²) in [7, 11) is -3.73. The fourth-order valence-electron chi connectivity index (χ4n) is 3.14. The second-order valence-electron chi connectivity index (χ2n) is 5.89. The van der Waals surface area contributed by atoms with Crippen LogP contribution in [0.2, 0.25) is 0 Å². The van der Waals surface area contributed by atoms with Crippen molar-refractivity contribution in [2.24, 2.45) is 5.92 Å². The number of amides is 1. The van der Waals surface area contributed by atoms with E-state index in [0.29, 0.717) is 18.4 Å². The van der Waals surface area contributed by atoms with Crippen LogP contribution < -0.4 is 0 Å². The number of hydrogen-bond donors (Lipinski definition) is 0. The highest BCUT2D eigenvalue weighted by Crippen LogP contribution is 2.37. The Balaban J connectivity index is 2.39. The molecule has 1 aliphatic rings. The van der Waals surface area contributed by atoms with Crippen LogP contribution in [-0.4, -0.2) is 30.4 Å². The molecule has 1 aromatic rings. The van der Waals surface area contributed by atoms with E-state index in [0.717, 1.165) is 16.3 Å². The molecular formula is C18H23NO3S. The Morgan fingerprint density at radius 1 is 1.35 bits per heavy atom. The normalized spacial score (nSPS) is 21.2. The van der Waals surface area contributed by atoms with Gasteiger partial charge in [0.05, 0.1) is 11.8 Å². The summed E-state index contributed by atoms with van der Waals surface area (Å²) in [5.41, 5.74) is 1.41. The zero-order valence-electron chi connectivity index (χ0n) is 13.4. The second-order valence-corrected chi connectivity index (χ2v) is 7.78. The van der Waals surface area contributed by atoms with E-state index in [2.05, 4.69) is 20.1 Å². The molecule has 1 aliphatic carbocycles. The average molecular weight is 333 g/mol. The van der Waals surface area contributed by atoms with Crippen LogP contribution in [0.4, 0.5) is 0 Å². The Kier molecular flexibility index (Phi) is 5.42. The van der Waals surface area contributed by atoms with Crippen LogP contribution in [0.25, 0.3) is 0 Å². The first-order valence-corrected chi connectivity index (χ1v) is 9.41. The number of benzene rings is 1. The molecule has 2 rings (SSSR count). The number of carbonyl (C=O) groups is 1. The first kappa shape index (κ1) is 17.5. The van der Waals surface area contributed by atoms with Gasteiger partial charge in [0.25, 0.3) is 5.91 Å². The van der Waals surface area contributed by atoms with E-state index in [-0.39, 0.29) is 17.7 Å². The standard InChI is InChI=1S/C18H23NO3S/c1-4-11-23(21,22)19(17-12-14(3)15(5-2)13-17)18(20)16-9-7-6-8-10-16/h4,6-10,15,17H,1,3,5,11-13H2,2H3. The van der Waals surface area contributed by atoms with Crippen LogP contribution in [0.1, 0.15) is 36.5 Å². The summed E-state index contributed by atoms with van der Waals surface area (Å²) in [6, 6.07) is 8.18. The van der Waals surface area contributed by atoms with Gasteiger partial charge in [0.2, 0.25) is 10.0 Å². The van der Waals surface area contributed by atoms with Crippen molar-refractivity contribution in [2.75, 3.05) is 5.75 Å². The number of rotatable bonds is 6. The lowest BCUT2D eigenvalue weighted by Gasteiger charge is -2.28. The minimum absolute atomic E-state index is 0.245. The molecule has 0 saturated heterocycles. The van der Waals surface area contributed by atoms with Crippen LogP contribution in [0.15, 0.2) is 55.1 Å². The van der Waals surface area contributed by atoms with Gasteiger partial charge in [-0.1, -0.05) is 43.4 Å². The number of nitrogens with zero attached hydrogens (tertiary/aromatic N) is 1. The molecule has 1 saturated carbocycles. The molecule has 4 nitrogen and oxygen atoms in total. The molecule has 0 radical (unpaired) electrons. The molecule has 124 valence electrons. The summed E-state index contributed by atoms with van der Waals surface area (Å²) in [4.78, 5) is 12.8. The highest BCUT2D eigenvalue weighted by molar-refractivity contribution is 7.89. The maximum Gasteiger partial charge on any atom is 0.267 e. The molecule has 0 aliphatic heterocycles. The summed E-state index contributed by atoms with van der Waals surface area (Å²) in [5, 5.41) is 0. The third-order valence-electron chi connectivity index (χ3n) is 4.31. The van der Waals surface area contributed by atoms with E-state index in [1.165, 1.54) is 6.08 Å². The lowest BCUT2D eigenvalue weighted by atomic mass is 10.0. The van der Waals surface area contributed by atoms with Crippen LogP contribution in [0, 0.1) is 5.92 Å². The molecule has 1 fully saturated rings. The van der Waals surface area contributed by atoms with Gasteiger partial charge in [0, 0.05) is 5.56 Å². The third kappa shape index (κ3) is 3.72. The van der Waals surface area contributed by atoms with Crippen molar-refractivity contribution >= 4 is 15.9 Å². The van der Waals surface area contributed by atoms with Gasteiger partial charge >= 0.3 is 0 Å². The maximum absolute atomic E-state index is 12.8. The Hall–Kier alpha value is -1.88. The van der Waals surface area contributed by atoms with E-state index in [1.54, 1.807) is 30.3 Å². The fraction of sp³-hybridized carbons (Fsp3) is 0.389. The zero-order chi connectivity index (χ0) is 17.0. The molecule has 0 aromatic heterocycles. The Morgan fingerprint density at radius 3 is 2.52 bits per heavy atom. The second kappa shape index (κ2) is 7.13. The molecule has 2 unspecified atom stereocenters. The van der Waals surface area contributed by atoms with Gasteiger partial charge in [0.1, 0.15) is 0 Å². The molecule has 0 heterocycles. The van der Waals surface area contributed by atoms with Gasteiger partial charge < -0.3 is 0 Å². The molecular weight excluding hydrogens is 310 g/mol. The molecule has 5 heteroatoms. The Morgan fingerprint density at radius 2 is 2.00 bits per heavy atom. The summed E-state index contributed by atoms with van der Waals surface area (Å²) in [6.07, 6.45) is 3.41. The fourth-order valence-corrected chi connectivity index (χ4v) is 4.57. The van der Waals surface area contributed by atoms with Crippen molar-refractivity contribution < 1.29 is 13.2 Å². The lowest BCUT2D eigenvalue weighted by Crippen LogP contribution is -2.44. The molecule has 1 amide bonds. The molecule has 0 spiro atoms. The van der Waals surface area contributed by atoms with Crippen LogP contribution in [-0.2, 0) is 10.0 Å². The predicted octanol–water partition coefficient (Wildman–Crippen LogP) is 3.39. The monoisotopic (exact) mass is 333 g/mol. The van der Waals surface area contributed by atoms with E-state index >= 15 is 0 Å². The van der Waals surface area contributed by atoms with Crippen molar-refractivity contribution in [2.45, 2.75) is 32.2 Å². The summed E-state index contributed by atoms with van der Waals surface area (Å²) in [5.74, 6) is -0.447. The minimum atomic E-state index is -3.73. The minimum Gasteiger partial charge on any atom is -0.268 e. The van der Waals surface area contributed by atoms with E-state index < -0.39 is 15.9 Å². The smallest absolute Gasteiger partial charge is 0.267 e.